The summed E-state index contributed by atoms with van der Waals surface area (Å²) in [4.78, 5) is 18.9. The monoisotopic (exact) mass is 329 g/mol. The highest BCUT2D eigenvalue weighted by molar-refractivity contribution is 5.93. The smallest absolute Gasteiger partial charge is 0.254 e. The Morgan fingerprint density at radius 3 is 3.00 bits per heavy atom. The van der Waals surface area contributed by atoms with Gasteiger partial charge in [0.2, 0.25) is 0 Å². The van der Waals surface area contributed by atoms with Crippen LogP contribution >= 0.6 is 0 Å². The highest BCUT2D eigenvalue weighted by Gasteiger charge is 2.19. The van der Waals surface area contributed by atoms with Crippen molar-refractivity contribution >= 4 is 5.91 Å². The molecule has 1 amide bonds. The van der Waals surface area contributed by atoms with Crippen molar-refractivity contribution in [1.29, 1.82) is 0 Å². The molecule has 1 N–H and O–H groups in total. The minimum absolute atomic E-state index is 0.113. The van der Waals surface area contributed by atoms with Gasteiger partial charge in [0.05, 0.1) is 18.4 Å². The maximum absolute atomic E-state index is 12.2. The molecule has 7 nitrogen and oxygen atoms in total. The number of carbonyl (C=O) groups is 1. The lowest BCUT2D eigenvalue weighted by Crippen LogP contribution is -2.34. The van der Waals surface area contributed by atoms with Crippen molar-refractivity contribution in [3.8, 4) is 0 Å². The Bertz CT molecular complexity index is 713. The van der Waals surface area contributed by atoms with Gasteiger partial charge >= 0.3 is 0 Å². The van der Waals surface area contributed by atoms with E-state index in [1.54, 1.807) is 31.2 Å². The highest BCUT2D eigenvalue weighted by atomic mass is 16.5. The number of hydrogen-bond acceptors (Lipinski definition) is 5. The number of amides is 1. The SMILES string of the molecule is COCCN1CCc2c(CNC(=O)c3cnn(C)c3)cncc2C1. The summed E-state index contributed by atoms with van der Waals surface area (Å²) in [5.41, 5.74) is 4.22. The number of methoxy groups -OCH3 is 1. The Labute approximate surface area is 141 Å². The van der Waals surface area contributed by atoms with Crippen LogP contribution in [0.5, 0.6) is 0 Å². The molecule has 0 bridgehead atoms. The molecule has 0 atom stereocenters. The van der Waals surface area contributed by atoms with Crippen LogP contribution in [0, 0.1) is 0 Å². The fraction of sp³-hybridized carbons (Fsp3) is 0.471. The number of pyridine rings is 1. The van der Waals surface area contributed by atoms with Gasteiger partial charge in [0.15, 0.2) is 0 Å². The number of carbonyl (C=O) groups excluding carboxylic acids is 1. The minimum atomic E-state index is -0.113. The summed E-state index contributed by atoms with van der Waals surface area (Å²) >= 11 is 0. The normalized spacial score (nSPS) is 14.4. The lowest BCUT2D eigenvalue weighted by atomic mass is 9.97. The largest absolute Gasteiger partial charge is 0.383 e. The van der Waals surface area contributed by atoms with E-state index in [-0.39, 0.29) is 5.91 Å². The Morgan fingerprint density at radius 1 is 1.38 bits per heavy atom. The van der Waals surface area contributed by atoms with Crippen molar-refractivity contribution in [2.24, 2.45) is 7.05 Å². The summed E-state index contributed by atoms with van der Waals surface area (Å²) in [6.07, 6.45) is 8.04. The molecule has 0 radical (unpaired) electrons. The summed E-state index contributed by atoms with van der Waals surface area (Å²) in [6, 6.07) is 0. The predicted octanol–water partition coefficient (Wildman–Crippen LogP) is 0.750. The predicted molar refractivity (Wildman–Crippen MR) is 89.5 cm³/mol. The van der Waals surface area contributed by atoms with Crippen LogP contribution < -0.4 is 5.32 Å². The second-order valence-corrected chi connectivity index (χ2v) is 6.04. The topological polar surface area (TPSA) is 72.3 Å². The minimum Gasteiger partial charge on any atom is -0.383 e. The second-order valence-electron chi connectivity index (χ2n) is 6.04. The number of fused-ring (bicyclic) bond motifs is 1. The first-order chi connectivity index (χ1) is 11.7. The Morgan fingerprint density at radius 2 is 2.25 bits per heavy atom. The number of hydrogen-bond donors (Lipinski definition) is 1. The summed E-state index contributed by atoms with van der Waals surface area (Å²) in [6.45, 7) is 4.05. The number of nitrogens with one attached hydrogen (secondary N) is 1. The van der Waals surface area contributed by atoms with Crippen LogP contribution in [0.2, 0.25) is 0 Å². The van der Waals surface area contributed by atoms with Crippen LogP contribution in [0.3, 0.4) is 0 Å². The molecule has 0 fully saturated rings. The van der Waals surface area contributed by atoms with Gasteiger partial charge in [-0.05, 0) is 23.1 Å². The van der Waals surface area contributed by atoms with Crippen LogP contribution in [0.25, 0.3) is 0 Å². The number of nitrogens with zero attached hydrogens (tertiary/aromatic N) is 4. The van der Waals surface area contributed by atoms with E-state index in [4.69, 9.17) is 4.74 Å². The van der Waals surface area contributed by atoms with Gasteiger partial charge in [0.25, 0.3) is 5.91 Å². The van der Waals surface area contributed by atoms with E-state index in [0.717, 1.165) is 38.2 Å². The molecule has 1 aliphatic heterocycles. The molecule has 0 aliphatic carbocycles. The van der Waals surface area contributed by atoms with Gasteiger partial charge in [0, 0.05) is 58.9 Å². The number of ether oxygens (including phenoxy) is 1. The molecular weight excluding hydrogens is 306 g/mol. The van der Waals surface area contributed by atoms with Crippen molar-refractivity contribution in [3.05, 3.63) is 47.0 Å². The highest BCUT2D eigenvalue weighted by Crippen LogP contribution is 2.21. The average Bonchev–Trinajstić information content (AvgIpc) is 3.04. The van der Waals surface area contributed by atoms with E-state index in [9.17, 15) is 4.79 Å². The Kier molecular flexibility index (Phi) is 5.22. The maximum Gasteiger partial charge on any atom is 0.254 e. The van der Waals surface area contributed by atoms with E-state index >= 15 is 0 Å². The van der Waals surface area contributed by atoms with E-state index < -0.39 is 0 Å². The summed E-state index contributed by atoms with van der Waals surface area (Å²) in [7, 11) is 3.52. The quantitative estimate of drug-likeness (QED) is 0.847. The first-order valence-corrected chi connectivity index (χ1v) is 8.10. The van der Waals surface area contributed by atoms with Gasteiger partial charge in [0.1, 0.15) is 0 Å². The molecule has 0 aromatic carbocycles. The maximum atomic E-state index is 12.2. The van der Waals surface area contributed by atoms with Crippen molar-refractivity contribution in [2.45, 2.75) is 19.5 Å². The van der Waals surface area contributed by atoms with Crippen LogP contribution in [0.4, 0.5) is 0 Å². The zero-order chi connectivity index (χ0) is 16.9. The van der Waals surface area contributed by atoms with Gasteiger partial charge in [-0.2, -0.15) is 5.10 Å². The van der Waals surface area contributed by atoms with Crippen molar-refractivity contribution in [3.63, 3.8) is 0 Å². The third kappa shape index (κ3) is 3.80. The Balaban J connectivity index is 1.64. The standard InChI is InChI=1S/C17H23N5O2/c1-21-11-15(10-20-21)17(23)19-9-13-7-18-8-14-12-22(5-6-24-2)4-3-16(13)14/h7-8,10-11H,3-6,9,12H2,1-2H3,(H,19,23). The number of aryl methyl sites for hydroxylation is 1. The fourth-order valence-corrected chi connectivity index (χ4v) is 3.01. The van der Waals surface area contributed by atoms with Gasteiger partial charge in [-0.3, -0.25) is 19.4 Å². The number of aromatic nitrogens is 3. The third-order valence-electron chi connectivity index (χ3n) is 4.33. The van der Waals surface area contributed by atoms with E-state index in [1.807, 2.05) is 12.4 Å². The first kappa shape index (κ1) is 16.6. The van der Waals surface area contributed by atoms with Gasteiger partial charge in [-0.25, -0.2) is 0 Å². The van der Waals surface area contributed by atoms with E-state index in [1.165, 1.54) is 11.1 Å². The van der Waals surface area contributed by atoms with Crippen LogP contribution in [-0.4, -0.2) is 52.4 Å². The molecule has 2 aromatic heterocycles. The number of rotatable bonds is 6. The molecular formula is C17H23N5O2. The van der Waals surface area contributed by atoms with Crippen LogP contribution in [0.15, 0.2) is 24.8 Å². The molecule has 24 heavy (non-hydrogen) atoms. The van der Waals surface area contributed by atoms with E-state index in [2.05, 4.69) is 20.3 Å². The van der Waals surface area contributed by atoms with Crippen molar-refractivity contribution in [2.75, 3.05) is 26.8 Å². The molecule has 0 saturated heterocycles. The molecule has 0 unspecified atom stereocenters. The second kappa shape index (κ2) is 7.55. The molecule has 0 spiro atoms. The van der Waals surface area contributed by atoms with E-state index in [0.29, 0.717) is 12.1 Å². The molecule has 3 rings (SSSR count). The molecule has 0 saturated carbocycles. The lowest BCUT2D eigenvalue weighted by molar-refractivity contribution is 0.0950. The van der Waals surface area contributed by atoms with Gasteiger partial charge in [-0.1, -0.05) is 0 Å². The lowest BCUT2D eigenvalue weighted by Gasteiger charge is -2.29. The Hall–Kier alpha value is -2.25. The molecule has 3 heterocycles. The summed E-state index contributed by atoms with van der Waals surface area (Å²) < 4.78 is 6.77. The van der Waals surface area contributed by atoms with Crippen LogP contribution in [0.1, 0.15) is 27.0 Å². The van der Waals surface area contributed by atoms with Crippen LogP contribution in [-0.2, 0) is 31.3 Å². The van der Waals surface area contributed by atoms with Crippen molar-refractivity contribution in [1.82, 2.24) is 25.0 Å². The molecule has 128 valence electrons. The summed E-state index contributed by atoms with van der Waals surface area (Å²) in [5, 5.41) is 6.98. The fourth-order valence-electron chi connectivity index (χ4n) is 3.01. The zero-order valence-corrected chi connectivity index (χ0v) is 14.2. The average molecular weight is 329 g/mol. The first-order valence-electron chi connectivity index (χ1n) is 8.10. The molecule has 7 heteroatoms. The summed E-state index contributed by atoms with van der Waals surface area (Å²) in [5.74, 6) is -0.113. The van der Waals surface area contributed by atoms with Gasteiger partial charge in [-0.15, -0.1) is 0 Å². The van der Waals surface area contributed by atoms with Crippen molar-refractivity contribution < 1.29 is 9.53 Å². The molecule has 2 aromatic rings. The van der Waals surface area contributed by atoms with Gasteiger partial charge < -0.3 is 10.1 Å². The molecule has 1 aliphatic rings. The zero-order valence-electron chi connectivity index (χ0n) is 14.2. The third-order valence-corrected chi connectivity index (χ3v) is 4.33.